The lowest BCUT2D eigenvalue weighted by Gasteiger charge is -2.05. The molecular formula is C10H8ClNO. The summed E-state index contributed by atoms with van der Waals surface area (Å²) in [6.07, 6.45) is 2.93. The topological polar surface area (TPSA) is 44.0 Å². The lowest BCUT2D eigenvalue weighted by molar-refractivity contribution is 0.473. The summed E-state index contributed by atoms with van der Waals surface area (Å²) in [4.78, 5) is 0. The summed E-state index contributed by atoms with van der Waals surface area (Å²) in [5.41, 5.74) is 2.41. The second-order valence-corrected chi connectivity index (χ2v) is 3.57. The first kappa shape index (κ1) is 8.40. The Hall–Kier alpha value is -1.20. The molecule has 0 atom stereocenters. The Morgan fingerprint density at radius 3 is 2.92 bits per heavy atom. The minimum absolute atomic E-state index is 0.0650. The lowest BCUT2D eigenvalue weighted by atomic mass is 10.1. The number of hydrogen-bond acceptors (Lipinski definition) is 2. The molecule has 0 unspecified atom stereocenters. The Balaban J connectivity index is 2.70. The molecule has 3 heteroatoms. The number of nitrogens with zero attached hydrogens (tertiary/aromatic N) is 1. The quantitative estimate of drug-likeness (QED) is 0.688. The molecule has 1 aromatic rings. The molecule has 1 aliphatic carbocycles. The maximum atomic E-state index is 9.51. The van der Waals surface area contributed by atoms with Crippen LogP contribution in [0.3, 0.4) is 0 Å². The number of hydrogen-bond donors (Lipinski definition) is 1. The van der Waals surface area contributed by atoms with Crippen LogP contribution in [0.5, 0.6) is 5.75 Å². The monoisotopic (exact) mass is 193 g/mol. The van der Waals surface area contributed by atoms with Crippen LogP contribution in [0.1, 0.15) is 23.1 Å². The van der Waals surface area contributed by atoms with Gasteiger partial charge in [0, 0.05) is 0 Å². The van der Waals surface area contributed by atoms with Crippen LogP contribution in [0.15, 0.2) is 6.07 Å². The van der Waals surface area contributed by atoms with Crippen molar-refractivity contribution in [2.75, 3.05) is 0 Å². The summed E-state index contributed by atoms with van der Waals surface area (Å²) in [5.74, 6) is -0.0650. The van der Waals surface area contributed by atoms with Gasteiger partial charge in [-0.1, -0.05) is 11.6 Å². The van der Waals surface area contributed by atoms with E-state index in [1.54, 1.807) is 6.07 Å². The van der Waals surface area contributed by atoms with Crippen molar-refractivity contribution < 1.29 is 5.11 Å². The molecule has 13 heavy (non-hydrogen) atoms. The Morgan fingerprint density at radius 2 is 2.23 bits per heavy atom. The smallest absolute Gasteiger partial charge is 0.152 e. The van der Waals surface area contributed by atoms with E-state index in [4.69, 9.17) is 16.9 Å². The van der Waals surface area contributed by atoms with Crippen LogP contribution in [-0.4, -0.2) is 5.11 Å². The fourth-order valence-electron chi connectivity index (χ4n) is 1.77. The van der Waals surface area contributed by atoms with Crippen molar-refractivity contribution in [1.82, 2.24) is 0 Å². The standard InChI is InChI=1S/C10H8ClNO/c11-9-8-3-1-2-6(8)4-7(5-12)10(9)13/h4,13H,1-3H2. The van der Waals surface area contributed by atoms with Crippen molar-refractivity contribution >= 4 is 11.6 Å². The van der Waals surface area contributed by atoms with Crippen LogP contribution in [0.4, 0.5) is 0 Å². The normalized spacial score (nSPS) is 13.8. The summed E-state index contributed by atoms with van der Waals surface area (Å²) in [6.45, 7) is 0. The average molecular weight is 194 g/mol. The van der Waals surface area contributed by atoms with Gasteiger partial charge in [0.1, 0.15) is 6.07 Å². The molecule has 1 aromatic carbocycles. The lowest BCUT2D eigenvalue weighted by Crippen LogP contribution is -1.88. The average Bonchev–Trinajstić information content (AvgIpc) is 2.59. The first-order valence-corrected chi connectivity index (χ1v) is 4.55. The summed E-state index contributed by atoms with van der Waals surface area (Å²) in [7, 11) is 0. The second kappa shape index (κ2) is 2.93. The molecule has 0 aliphatic heterocycles. The van der Waals surface area contributed by atoms with Crippen LogP contribution < -0.4 is 0 Å². The van der Waals surface area contributed by atoms with E-state index in [0.717, 1.165) is 30.4 Å². The summed E-state index contributed by atoms with van der Waals surface area (Å²) >= 11 is 5.92. The number of benzene rings is 1. The number of aromatic hydroxyl groups is 1. The first-order valence-electron chi connectivity index (χ1n) is 4.17. The Kier molecular flexibility index (Phi) is 1.90. The maximum absolute atomic E-state index is 9.51. The number of halogens is 1. The van der Waals surface area contributed by atoms with Crippen molar-refractivity contribution in [3.63, 3.8) is 0 Å². The molecule has 0 amide bonds. The molecule has 0 spiro atoms. The van der Waals surface area contributed by atoms with Gasteiger partial charge in [0.25, 0.3) is 0 Å². The molecule has 66 valence electrons. The van der Waals surface area contributed by atoms with E-state index in [9.17, 15) is 5.11 Å². The Labute approximate surface area is 81.4 Å². The third kappa shape index (κ3) is 1.16. The van der Waals surface area contributed by atoms with Gasteiger partial charge in [0.15, 0.2) is 5.75 Å². The third-order valence-corrected chi connectivity index (χ3v) is 2.83. The van der Waals surface area contributed by atoms with Gasteiger partial charge in [-0.15, -0.1) is 0 Å². The highest BCUT2D eigenvalue weighted by Crippen LogP contribution is 2.37. The van der Waals surface area contributed by atoms with Crippen LogP contribution in [0.25, 0.3) is 0 Å². The van der Waals surface area contributed by atoms with E-state index in [0.29, 0.717) is 5.02 Å². The van der Waals surface area contributed by atoms with Crippen LogP contribution >= 0.6 is 11.6 Å². The number of phenolic OH excluding ortho intramolecular Hbond substituents is 1. The van der Waals surface area contributed by atoms with Crippen molar-refractivity contribution in [2.45, 2.75) is 19.3 Å². The summed E-state index contributed by atoms with van der Waals surface area (Å²) in [6, 6.07) is 3.67. The number of nitriles is 1. The summed E-state index contributed by atoms with van der Waals surface area (Å²) < 4.78 is 0. The zero-order chi connectivity index (χ0) is 9.42. The number of rotatable bonds is 0. The highest BCUT2D eigenvalue weighted by molar-refractivity contribution is 6.33. The number of fused-ring (bicyclic) bond motifs is 1. The van der Waals surface area contributed by atoms with Crippen molar-refractivity contribution in [1.29, 1.82) is 5.26 Å². The van der Waals surface area contributed by atoms with Crippen molar-refractivity contribution in [2.24, 2.45) is 0 Å². The van der Waals surface area contributed by atoms with Crippen molar-refractivity contribution in [3.8, 4) is 11.8 Å². The van der Waals surface area contributed by atoms with Gasteiger partial charge in [0.2, 0.25) is 0 Å². The van der Waals surface area contributed by atoms with Gasteiger partial charge in [-0.2, -0.15) is 5.26 Å². The predicted molar refractivity (Wildman–Crippen MR) is 49.9 cm³/mol. The molecule has 2 rings (SSSR count). The minimum atomic E-state index is -0.0650. The molecule has 0 saturated carbocycles. The fraction of sp³-hybridized carbons (Fsp3) is 0.300. The van der Waals surface area contributed by atoms with Crippen molar-refractivity contribution in [3.05, 3.63) is 27.8 Å². The SMILES string of the molecule is N#Cc1cc2c(c(Cl)c1O)CCC2. The van der Waals surface area contributed by atoms with Crippen LogP contribution in [-0.2, 0) is 12.8 Å². The van der Waals surface area contributed by atoms with Crippen LogP contribution in [0, 0.1) is 11.3 Å². The van der Waals surface area contributed by atoms with Gasteiger partial charge in [-0.25, -0.2) is 0 Å². The minimum Gasteiger partial charge on any atom is -0.505 e. The van der Waals surface area contributed by atoms with Gasteiger partial charge >= 0.3 is 0 Å². The molecule has 0 aromatic heterocycles. The molecule has 0 bridgehead atoms. The third-order valence-electron chi connectivity index (χ3n) is 2.43. The van der Waals surface area contributed by atoms with Gasteiger partial charge in [-0.05, 0) is 36.5 Å². The number of aryl methyl sites for hydroxylation is 1. The van der Waals surface area contributed by atoms with Crippen LogP contribution in [0.2, 0.25) is 5.02 Å². The predicted octanol–water partition coefficient (Wildman–Crippen LogP) is 2.41. The summed E-state index contributed by atoms with van der Waals surface area (Å²) in [5, 5.41) is 18.6. The zero-order valence-electron chi connectivity index (χ0n) is 6.97. The molecule has 0 heterocycles. The van der Waals surface area contributed by atoms with E-state index < -0.39 is 0 Å². The fourth-order valence-corrected chi connectivity index (χ4v) is 2.08. The van der Waals surface area contributed by atoms with E-state index >= 15 is 0 Å². The van der Waals surface area contributed by atoms with E-state index in [1.807, 2.05) is 6.07 Å². The van der Waals surface area contributed by atoms with E-state index in [1.165, 1.54) is 0 Å². The highest BCUT2D eigenvalue weighted by Gasteiger charge is 2.19. The molecule has 0 saturated heterocycles. The van der Waals surface area contributed by atoms with Gasteiger partial charge in [0.05, 0.1) is 10.6 Å². The van der Waals surface area contributed by atoms with E-state index in [-0.39, 0.29) is 11.3 Å². The molecule has 1 N–H and O–H groups in total. The first-order chi connectivity index (χ1) is 6.24. The van der Waals surface area contributed by atoms with Gasteiger partial charge in [-0.3, -0.25) is 0 Å². The molecule has 2 nitrogen and oxygen atoms in total. The largest absolute Gasteiger partial charge is 0.505 e. The molecule has 0 radical (unpaired) electrons. The zero-order valence-corrected chi connectivity index (χ0v) is 7.73. The maximum Gasteiger partial charge on any atom is 0.152 e. The highest BCUT2D eigenvalue weighted by atomic mass is 35.5. The molecule has 1 aliphatic rings. The number of phenols is 1. The van der Waals surface area contributed by atoms with Gasteiger partial charge < -0.3 is 5.11 Å². The molecular weight excluding hydrogens is 186 g/mol. The Bertz CT molecular complexity index is 403. The van der Waals surface area contributed by atoms with E-state index in [2.05, 4.69) is 0 Å². The Morgan fingerprint density at radius 1 is 1.46 bits per heavy atom. The second-order valence-electron chi connectivity index (χ2n) is 3.19. The molecule has 0 fully saturated rings.